The molecule has 1 aliphatic rings. The Morgan fingerprint density at radius 2 is 2.03 bits per heavy atom. The van der Waals surface area contributed by atoms with Gasteiger partial charge in [0.1, 0.15) is 12.4 Å². The molecule has 2 heterocycles. The number of aryl methyl sites for hydroxylation is 1. The standard InChI is InChI=1S/C23H24N4O4S/c1-15-6-2-3-10-19(15)31-14-20-26-27-23(32-20)22(29)25-17-8-4-7-16(12-17)21(28)24-13-18-9-5-11-30-18/h2-4,6-8,10,12,18H,5,9,11,13-14H2,1H3,(H,24,28)(H,25,29)/t18-/m1/s1. The van der Waals surface area contributed by atoms with Gasteiger partial charge in [-0.2, -0.15) is 0 Å². The molecule has 1 aromatic heterocycles. The van der Waals surface area contributed by atoms with Crippen LogP contribution in [0.4, 0.5) is 5.69 Å². The second-order valence-corrected chi connectivity index (χ2v) is 8.50. The highest BCUT2D eigenvalue weighted by Crippen LogP contribution is 2.20. The van der Waals surface area contributed by atoms with Crippen molar-refractivity contribution < 1.29 is 19.1 Å². The van der Waals surface area contributed by atoms with Gasteiger partial charge in [0.15, 0.2) is 5.01 Å². The first-order chi connectivity index (χ1) is 15.6. The van der Waals surface area contributed by atoms with E-state index in [1.165, 1.54) is 11.3 Å². The van der Waals surface area contributed by atoms with Crippen LogP contribution in [-0.2, 0) is 11.3 Å². The lowest BCUT2D eigenvalue weighted by Gasteiger charge is -2.11. The fraction of sp³-hybridized carbons (Fsp3) is 0.304. The molecular formula is C23H24N4O4S. The summed E-state index contributed by atoms with van der Waals surface area (Å²) >= 11 is 1.17. The van der Waals surface area contributed by atoms with Crippen molar-refractivity contribution >= 4 is 28.8 Å². The summed E-state index contributed by atoms with van der Waals surface area (Å²) in [4.78, 5) is 25.0. The number of ether oxygens (including phenoxy) is 2. The second-order valence-electron chi connectivity index (χ2n) is 7.44. The topological polar surface area (TPSA) is 102 Å². The highest BCUT2D eigenvalue weighted by molar-refractivity contribution is 7.13. The predicted octanol–water partition coefficient (Wildman–Crippen LogP) is 3.59. The molecule has 1 aliphatic heterocycles. The summed E-state index contributed by atoms with van der Waals surface area (Å²) in [5.41, 5.74) is 1.99. The third kappa shape index (κ3) is 5.68. The number of carbonyl (C=O) groups is 2. The molecule has 0 bridgehead atoms. The SMILES string of the molecule is Cc1ccccc1OCc1nnc(C(=O)Nc2cccc(C(=O)NC[C@H]3CCCO3)c2)s1. The monoisotopic (exact) mass is 452 g/mol. The quantitative estimate of drug-likeness (QED) is 0.542. The van der Waals surface area contributed by atoms with Crippen molar-refractivity contribution in [2.75, 3.05) is 18.5 Å². The minimum Gasteiger partial charge on any atom is -0.486 e. The average Bonchev–Trinajstić information content (AvgIpc) is 3.49. The van der Waals surface area contributed by atoms with Crippen molar-refractivity contribution in [1.82, 2.24) is 15.5 Å². The van der Waals surface area contributed by atoms with Gasteiger partial charge >= 0.3 is 0 Å². The summed E-state index contributed by atoms with van der Waals surface area (Å²) in [6, 6.07) is 14.5. The number of amides is 2. The van der Waals surface area contributed by atoms with Gasteiger partial charge in [-0.25, -0.2) is 0 Å². The first-order valence-electron chi connectivity index (χ1n) is 10.4. The molecule has 9 heteroatoms. The van der Waals surface area contributed by atoms with Gasteiger partial charge in [-0.3, -0.25) is 9.59 Å². The molecule has 32 heavy (non-hydrogen) atoms. The van der Waals surface area contributed by atoms with E-state index >= 15 is 0 Å². The zero-order chi connectivity index (χ0) is 22.3. The lowest BCUT2D eigenvalue weighted by atomic mass is 10.1. The molecule has 1 fully saturated rings. The van der Waals surface area contributed by atoms with Crippen LogP contribution in [-0.4, -0.2) is 41.3 Å². The van der Waals surface area contributed by atoms with Gasteiger partial charge in [-0.1, -0.05) is 35.6 Å². The molecule has 2 N–H and O–H groups in total. The van der Waals surface area contributed by atoms with E-state index in [0.29, 0.717) is 22.8 Å². The number of hydrogen-bond donors (Lipinski definition) is 2. The highest BCUT2D eigenvalue weighted by Gasteiger charge is 2.18. The van der Waals surface area contributed by atoms with Crippen molar-refractivity contribution in [3.05, 3.63) is 69.7 Å². The van der Waals surface area contributed by atoms with E-state index in [-0.39, 0.29) is 29.5 Å². The Balaban J connectivity index is 1.32. The van der Waals surface area contributed by atoms with Gasteiger partial charge in [0.05, 0.1) is 6.10 Å². The van der Waals surface area contributed by atoms with Crippen molar-refractivity contribution in [2.45, 2.75) is 32.5 Å². The van der Waals surface area contributed by atoms with Crippen LogP contribution in [0.5, 0.6) is 5.75 Å². The minimum atomic E-state index is -0.387. The number of aromatic nitrogens is 2. The summed E-state index contributed by atoms with van der Waals surface area (Å²) in [6.07, 6.45) is 2.05. The largest absolute Gasteiger partial charge is 0.486 e. The van der Waals surface area contributed by atoms with Crippen LogP contribution < -0.4 is 15.4 Å². The number of rotatable bonds is 8. The van der Waals surface area contributed by atoms with Gasteiger partial charge in [-0.15, -0.1) is 10.2 Å². The van der Waals surface area contributed by atoms with Crippen LogP contribution in [0.3, 0.4) is 0 Å². The predicted molar refractivity (Wildman–Crippen MR) is 121 cm³/mol. The van der Waals surface area contributed by atoms with Crippen molar-refractivity contribution in [2.24, 2.45) is 0 Å². The normalized spacial score (nSPS) is 15.3. The van der Waals surface area contributed by atoms with Gasteiger partial charge in [0, 0.05) is 24.4 Å². The molecule has 0 aliphatic carbocycles. The fourth-order valence-corrected chi connectivity index (χ4v) is 3.95. The molecule has 8 nitrogen and oxygen atoms in total. The number of carbonyl (C=O) groups excluding carboxylic acids is 2. The molecule has 0 unspecified atom stereocenters. The van der Waals surface area contributed by atoms with E-state index in [2.05, 4.69) is 20.8 Å². The Morgan fingerprint density at radius 1 is 1.16 bits per heavy atom. The highest BCUT2D eigenvalue weighted by atomic mass is 32.1. The van der Waals surface area contributed by atoms with Crippen LogP contribution in [0.25, 0.3) is 0 Å². The number of nitrogens with zero attached hydrogens (tertiary/aromatic N) is 2. The Bertz CT molecular complexity index is 1090. The zero-order valence-corrected chi connectivity index (χ0v) is 18.5. The minimum absolute atomic E-state index is 0.0724. The van der Waals surface area contributed by atoms with E-state index in [1.54, 1.807) is 24.3 Å². The average molecular weight is 453 g/mol. The maximum absolute atomic E-state index is 12.6. The lowest BCUT2D eigenvalue weighted by molar-refractivity contribution is 0.0857. The summed E-state index contributed by atoms with van der Waals surface area (Å²) in [5.74, 6) is 0.174. The molecule has 4 rings (SSSR count). The molecule has 2 amide bonds. The second kappa shape index (κ2) is 10.3. The number of hydrogen-bond acceptors (Lipinski definition) is 7. The fourth-order valence-electron chi connectivity index (χ4n) is 3.30. The molecule has 1 atom stereocenters. The van der Waals surface area contributed by atoms with Crippen LogP contribution in [0.1, 0.15) is 43.6 Å². The molecule has 166 valence electrons. The Morgan fingerprint density at radius 3 is 2.84 bits per heavy atom. The Labute approximate surface area is 190 Å². The van der Waals surface area contributed by atoms with Crippen LogP contribution in [0.2, 0.25) is 0 Å². The maximum atomic E-state index is 12.6. The first-order valence-corrected chi connectivity index (χ1v) is 11.2. The van der Waals surface area contributed by atoms with Crippen molar-refractivity contribution in [3.63, 3.8) is 0 Å². The molecule has 3 aromatic rings. The summed E-state index contributed by atoms with van der Waals surface area (Å²) < 4.78 is 11.3. The van der Waals surface area contributed by atoms with Crippen LogP contribution >= 0.6 is 11.3 Å². The first kappa shape index (κ1) is 21.9. The van der Waals surface area contributed by atoms with Gasteiger partial charge in [0.2, 0.25) is 5.01 Å². The van der Waals surface area contributed by atoms with Crippen LogP contribution in [0.15, 0.2) is 48.5 Å². The number of anilines is 1. The molecule has 0 spiro atoms. The zero-order valence-electron chi connectivity index (χ0n) is 17.7. The molecule has 2 aromatic carbocycles. The number of para-hydroxylation sites is 1. The summed E-state index contributed by atoms with van der Waals surface area (Å²) in [6.45, 7) is 3.42. The molecule has 0 saturated carbocycles. The van der Waals surface area contributed by atoms with E-state index in [1.807, 2.05) is 31.2 Å². The van der Waals surface area contributed by atoms with Crippen molar-refractivity contribution in [1.29, 1.82) is 0 Å². The molecule has 0 radical (unpaired) electrons. The van der Waals surface area contributed by atoms with Gasteiger partial charge < -0.3 is 20.1 Å². The van der Waals surface area contributed by atoms with E-state index in [9.17, 15) is 9.59 Å². The van der Waals surface area contributed by atoms with Crippen molar-refractivity contribution in [3.8, 4) is 5.75 Å². The van der Waals surface area contributed by atoms with Gasteiger partial charge in [0.25, 0.3) is 11.8 Å². The third-order valence-electron chi connectivity index (χ3n) is 5.00. The summed E-state index contributed by atoms with van der Waals surface area (Å²) in [7, 11) is 0. The Kier molecular flexibility index (Phi) is 7.08. The smallest absolute Gasteiger partial charge is 0.286 e. The number of nitrogens with one attached hydrogen (secondary N) is 2. The van der Waals surface area contributed by atoms with E-state index in [4.69, 9.17) is 9.47 Å². The Hall–Kier alpha value is -3.30. The van der Waals surface area contributed by atoms with E-state index < -0.39 is 0 Å². The molecule has 1 saturated heterocycles. The summed E-state index contributed by atoms with van der Waals surface area (Å²) in [5, 5.41) is 14.5. The van der Waals surface area contributed by atoms with E-state index in [0.717, 1.165) is 30.8 Å². The third-order valence-corrected chi connectivity index (χ3v) is 5.90. The number of benzene rings is 2. The van der Waals surface area contributed by atoms with Crippen LogP contribution in [0, 0.1) is 6.92 Å². The molecular weight excluding hydrogens is 428 g/mol. The van der Waals surface area contributed by atoms with Gasteiger partial charge in [-0.05, 0) is 49.6 Å². The maximum Gasteiger partial charge on any atom is 0.286 e. The lowest BCUT2D eigenvalue weighted by Crippen LogP contribution is -2.31.